The van der Waals surface area contributed by atoms with Crippen molar-refractivity contribution in [1.29, 1.82) is 0 Å². The molecule has 0 amide bonds. The van der Waals surface area contributed by atoms with Crippen molar-refractivity contribution in [2.45, 2.75) is 26.2 Å². The minimum atomic E-state index is -0.471. The molecular weight excluding hydrogens is 270 g/mol. The standard InChI is InChI=1S/C16H17NO4/c1-11(18)6-5-9-15(19)17-10-13(16(20)21-2)12-7-3-4-8-14(12)17/h3-4,7-8,10H,5-6,9H2,1-2H3. The fraction of sp³-hybridized carbons (Fsp3) is 0.312. The van der Waals surface area contributed by atoms with Crippen molar-refractivity contribution in [3.8, 4) is 0 Å². The molecule has 1 aromatic carbocycles. The van der Waals surface area contributed by atoms with Crippen LogP contribution in [0.2, 0.25) is 0 Å². The van der Waals surface area contributed by atoms with Gasteiger partial charge in [-0.05, 0) is 19.4 Å². The molecule has 110 valence electrons. The number of nitrogens with zero attached hydrogens (tertiary/aromatic N) is 1. The van der Waals surface area contributed by atoms with Gasteiger partial charge in [-0.2, -0.15) is 0 Å². The van der Waals surface area contributed by atoms with Crippen LogP contribution in [0.4, 0.5) is 0 Å². The summed E-state index contributed by atoms with van der Waals surface area (Å²) >= 11 is 0. The lowest BCUT2D eigenvalue weighted by Crippen LogP contribution is -2.10. The maximum absolute atomic E-state index is 12.3. The zero-order valence-corrected chi connectivity index (χ0v) is 12.1. The molecule has 5 heteroatoms. The highest BCUT2D eigenvalue weighted by Gasteiger charge is 2.18. The number of carbonyl (C=O) groups is 3. The minimum absolute atomic E-state index is 0.0652. The summed E-state index contributed by atoms with van der Waals surface area (Å²) in [5.74, 6) is -0.542. The Bertz CT molecular complexity index is 699. The van der Waals surface area contributed by atoms with Gasteiger partial charge in [0.2, 0.25) is 5.91 Å². The summed E-state index contributed by atoms with van der Waals surface area (Å²) < 4.78 is 6.20. The highest BCUT2D eigenvalue weighted by molar-refractivity contribution is 6.07. The van der Waals surface area contributed by atoms with E-state index in [4.69, 9.17) is 4.74 Å². The molecule has 2 rings (SSSR count). The van der Waals surface area contributed by atoms with Crippen LogP contribution in [0.3, 0.4) is 0 Å². The van der Waals surface area contributed by atoms with Crippen LogP contribution in [-0.4, -0.2) is 29.3 Å². The number of ether oxygens (including phenoxy) is 1. The zero-order chi connectivity index (χ0) is 15.4. The second-order valence-corrected chi connectivity index (χ2v) is 4.87. The first kappa shape index (κ1) is 15.0. The van der Waals surface area contributed by atoms with E-state index >= 15 is 0 Å². The van der Waals surface area contributed by atoms with Crippen LogP contribution >= 0.6 is 0 Å². The zero-order valence-electron chi connectivity index (χ0n) is 12.1. The monoisotopic (exact) mass is 287 g/mol. The van der Waals surface area contributed by atoms with E-state index in [1.807, 2.05) is 6.07 Å². The van der Waals surface area contributed by atoms with Gasteiger partial charge in [-0.15, -0.1) is 0 Å². The SMILES string of the molecule is COC(=O)c1cn(C(=O)CCCC(C)=O)c2ccccc12. The summed E-state index contributed by atoms with van der Waals surface area (Å²) in [7, 11) is 1.31. The van der Waals surface area contributed by atoms with E-state index < -0.39 is 5.97 Å². The Hall–Kier alpha value is -2.43. The number of hydrogen-bond donors (Lipinski definition) is 0. The van der Waals surface area contributed by atoms with Gasteiger partial charge in [0.1, 0.15) is 5.78 Å². The first-order valence-corrected chi connectivity index (χ1v) is 6.75. The third-order valence-corrected chi connectivity index (χ3v) is 3.31. The maximum Gasteiger partial charge on any atom is 0.340 e. The maximum atomic E-state index is 12.3. The molecule has 0 radical (unpaired) electrons. The quantitative estimate of drug-likeness (QED) is 0.793. The number of methoxy groups -OCH3 is 1. The molecule has 0 N–H and O–H groups in total. The lowest BCUT2D eigenvalue weighted by molar-refractivity contribution is -0.117. The average molecular weight is 287 g/mol. The molecule has 0 spiro atoms. The van der Waals surface area contributed by atoms with Gasteiger partial charge in [-0.1, -0.05) is 18.2 Å². The number of para-hydroxylation sites is 1. The highest BCUT2D eigenvalue weighted by Crippen LogP contribution is 2.22. The molecule has 0 saturated heterocycles. The minimum Gasteiger partial charge on any atom is -0.465 e. The lowest BCUT2D eigenvalue weighted by Gasteiger charge is -2.03. The number of rotatable bonds is 5. The Morgan fingerprint density at radius 1 is 1.14 bits per heavy atom. The van der Waals surface area contributed by atoms with Crippen molar-refractivity contribution < 1.29 is 19.1 Å². The average Bonchev–Trinajstić information content (AvgIpc) is 2.85. The van der Waals surface area contributed by atoms with Gasteiger partial charge >= 0.3 is 5.97 Å². The second-order valence-electron chi connectivity index (χ2n) is 4.87. The molecule has 1 heterocycles. The summed E-state index contributed by atoms with van der Waals surface area (Å²) in [6.45, 7) is 1.50. The molecule has 0 atom stereocenters. The van der Waals surface area contributed by atoms with Gasteiger partial charge < -0.3 is 9.53 Å². The number of hydrogen-bond acceptors (Lipinski definition) is 4. The fourth-order valence-electron chi connectivity index (χ4n) is 2.27. The van der Waals surface area contributed by atoms with Crippen LogP contribution in [0.5, 0.6) is 0 Å². The smallest absolute Gasteiger partial charge is 0.340 e. The summed E-state index contributed by atoms with van der Waals surface area (Å²) in [6.07, 6.45) is 2.66. The molecule has 0 aliphatic heterocycles. The van der Waals surface area contributed by atoms with Gasteiger partial charge in [0.15, 0.2) is 0 Å². The first-order valence-electron chi connectivity index (χ1n) is 6.75. The van der Waals surface area contributed by atoms with Gasteiger partial charge in [-0.25, -0.2) is 4.79 Å². The van der Waals surface area contributed by atoms with E-state index in [2.05, 4.69) is 0 Å². The molecule has 2 aromatic rings. The van der Waals surface area contributed by atoms with E-state index in [9.17, 15) is 14.4 Å². The van der Waals surface area contributed by atoms with Gasteiger partial charge in [0, 0.05) is 24.4 Å². The molecular formula is C16H17NO4. The number of Topliss-reactive ketones (excluding diaryl/α,β-unsaturated/α-hetero) is 1. The predicted molar refractivity (Wildman–Crippen MR) is 78.4 cm³/mol. The molecule has 1 aromatic heterocycles. The summed E-state index contributed by atoms with van der Waals surface area (Å²) in [4.78, 5) is 35.0. The predicted octanol–water partition coefficient (Wildman–Crippen LogP) is 2.83. The summed E-state index contributed by atoms with van der Waals surface area (Å²) in [5.41, 5.74) is 1.04. The van der Waals surface area contributed by atoms with Gasteiger partial charge in [0.05, 0.1) is 18.2 Å². The van der Waals surface area contributed by atoms with Gasteiger partial charge in [0.25, 0.3) is 0 Å². The van der Waals surface area contributed by atoms with Crippen LogP contribution in [0, 0.1) is 0 Å². The van der Waals surface area contributed by atoms with Crippen molar-refractivity contribution in [1.82, 2.24) is 4.57 Å². The number of benzene rings is 1. The number of aromatic nitrogens is 1. The van der Waals surface area contributed by atoms with Crippen LogP contribution < -0.4 is 0 Å². The van der Waals surface area contributed by atoms with Crippen molar-refractivity contribution >= 4 is 28.6 Å². The van der Waals surface area contributed by atoms with Crippen molar-refractivity contribution in [2.24, 2.45) is 0 Å². The van der Waals surface area contributed by atoms with Crippen LogP contribution in [-0.2, 0) is 9.53 Å². The fourth-order valence-corrected chi connectivity index (χ4v) is 2.27. The largest absolute Gasteiger partial charge is 0.465 e. The second kappa shape index (κ2) is 6.35. The van der Waals surface area contributed by atoms with Crippen LogP contribution in [0.15, 0.2) is 30.5 Å². The summed E-state index contributed by atoms with van der Waals surface area (Å²) in [6, 6.07) is 7.17. The van der Waals surface area contributed by atoms with E-state index in [1.165, 1.54) is 24.8 Å². The molecule has 0 fully saturated rings. The van der Waals surface area contributed by atoms with Crippen molar-refractivity contribution in [2.75, 3.05) is 7.11 Å². The van der Waals surface area contributed by atoms with Crippen molar-refractivity contribution in [3.05, 3.63) is 36.0 Å². The van der Waals surface area contributed by atoms with E-state index in [1.54, 1.807) is 18.2 Å². The van der Waals surface area contributed by atoms with Crippen LogP contribution in [0.1, 0.15) is 41.3 Å². The van der Waals surface area contributed by atoms with Crippen LogP contribution in [0.25, 0.3) is 10.9 Å². The normalized spacial score (nSPS) is 10.6. The molecule has 0 saturated carbocycles. The molecule has 5 nitrogen and oxygen atoms in total. The molecule has 0 bridgehead atoms. The molecule has 21 heavy (non-hydrogen) atoms. The van der Waals surface area contributed by atoms with E-state index in [0.717, 1.165) is 0 Å². The van der Waals surface area contributed by atoms with Gasteiger partial charge in [-0.3, -0.25) is 9.36 Å². The molecule has 0 unspecified atom stereocenters. The number of fused-ring (bicyclic) bond motifs is 1. The lowest BCUT2D eigenvalue weighted by atomic mass is 10.2. The Morgan fingerprint density at radius 2 is 1.86 bits per heavy atom. The topological polar surface area (TPSA) is 65.4 Å². The highest BCUT2D eigenvalue weighted by atomic mass is 16.5. The Morgan fingerprint density at radius 3 is 2.52 bits per heavy atom. The number of ketones is 1. The number of carbonyl (C=O) groups excluding carboxylic acids is 3. The third kappa shape index (κ3) is 3.18. The Kier molecular flexibility index (Phi) is 4.52. The molecule has 0 aliphatic carbocycles. The Balaban J connectivity index is 2.33. The summed E-state index contributed by atoms with van der Waals surface area (Å²) in [5, 5.41) is 0.685. The van der Waals surface area contributed by atoms with E-state index in [-0.39, 0.29) is 18.1 Å². The number of esters is 1. The van der Waals surface area contributed by atoms with E-state index in [0.29, 0.717) is 29.3 Å². The molecule has 0 aliphatic rings. The first-order chi connectivity index (χ1) is 10.0. The van der Waals surface area contributed by atoms with Crippen molar-refractivity contribution in [3.63, 3.8) is 0 Å². The third-order valence-electron chi connectivity index (χ3n) is 3.31. The Labute approximate surface area is 122 Å².